The van der Waals surface area contributed by atoms with Crippen LogP contribution >= 0.6 is 0 Å². The molecule has 0 radical (unpaired) electrons. The van der Waals surface area contributed by atoms with E-state index in [0.29, 0.717) is 0 Å². The summed E-state index contributed by atoms with van der Waals surface area (Å²) in [6.07, 6.45) is 6.05. The Morgan fingerprint density at radius 3 is 2.77 bits per heavy atom. The van der Waals surface area contributed by atoms with Crippen molar-refractivity contribution in [1.82, 2.24) is 5.32 Å². The molecule has 1 heterocycles. The third kappa shape index (κ3) is 5.27. The molecule has 1 fully saturated rings. The first kappa shape index (κ1) is 11.0. The highest BCUT2D eigenvalue weighted by Crippen LogP contribution is 2.23. The quantitative estimate of drug-likeness (QED) is 0.704. The van der Waals surface area contributed by atoms with Crippen LogP contribution < -0.4 is 5.32 Å². The topological polar surface area (TPSA) is 32.3 Å². The second-order valence-electron chi connectivity index (χ2n) is 4.90. The maximum absolute atomic E-state index is 9.60. The Hall–Kier alpha value is -0.0800. The fraction of sp³-hybridized carbons (Fsp3) is 1.00. The highest BCUT2D eigenvalue weighted by atomic mass is 16.3. The zero-order valence-electron chi connectivity index (χ0n) is 8.97. The Kier molecular flexibility index (Phi) is 4.20. The first-order valence-electron chi connectivity index (χ1n) is 5.51. The molecule has 0 saturated carbocycles. The number of hydrogen-bond acceptors (Lipinski definition) is 2. The van der Waals surface area contributed by atoms with E-state index < -0.39 is 5.60 Å². The van der Waals surface area contributed by atoms with Crippen LogP contribution in [0.2, 0.25) is 0 Å². The predicted molar refractivity (Wildman–Crippen MR) is 55.7 cm³/mol. The van der Waals surface area contributed by atoms with Crippen LogP contribution in [0, 0.1) is 5.92 Å². The van der Waals surface area contributed by atoms with Gasteiger partial charge in [0, 0.05) is 0 Å². The Morgan fingerprint density at radius 2 is 2.08 bits per heavy atom. The minimum atomic E-state index is -0.472. The molecule has 1 aliphatic heterocycles. The molecule has 78 valence electrons. The molecule has 0 spiro atoms. The van der Waals surface area contributed by atoms with Crippen molar-refractivity contribution < 1.29 is 5.11 Å². The molecule has 13 heavy (non-hydrogen) atoms. The van der Waals surface area contributed by atoms with Crippen LogP contribution in [0.1, 0.15) is 46.0 Å². The van der Waals surface area contributed by atoms with Crippen LogP contribution in [0.25, 0.3) is 0 Å². The van der Waals surface area contributed by atoms with Gasteiger partial charge < -0.3 is 10.4 Å². The zero-order valence-corrected chi connectivity index (χ0v) is 8.97. The van der Waals surface area contributed by atoms with E-state index in [1.54, 1.807) is 0 Å². The zero-order chi connectivity index (χ0) is 9.73. The molecule has 0 aliphatic carbocycles. The van der Waals surface area contributed by atoms with E-state index in [-0.39, 0.29) is 0 Å². The molecule has 0 aromatic rings. The van der Waals surface area contributed by atoms with Crippen molar-refractivity contribution in [2.45, 2.75) is 51.6 Å². The first-order valence-corrected chi connectivity index (χ1v) is 5.51. The lowest BCUT2D eigenvalue weighted by molar-refractivity contribution is 0.0628. The first-order chi connectivity index (χ1) is 6.08. The normalized spacial score (nSPS) is 25.6. The summed E-state index contributed by atoms with van der Waals surface area (Å²) in [4.78, 5) is 0. The van der Waals surface area contributed by atoms with Gasteiger partial charge in [0.2, 0.25) is 0 Å². The molecule has 2 N–H and O–H groups in total. The summed E-state index contributed by atoms with van der Waals surface area (Å²) in [5, 5.41) is 13.0. The van der Waals surface area contributed by atoms with E-state index in [2.05, 4.69) is 5.32 Å². The largest absolute Gasteiger partial charge is 0.390 e. The minimum absolute atomic E-state index is 0.472. The summed E-state index contributed by atoms with van der Waals surface area (Å²) in [5.41, 5.74) is -0.472. The van der Waals surface area contributed by atoms with Crippen molar-refractivity contribution in [3.63, 3.8) is 0 Å². The van der Waals surface area contributed by atoms with E-state index in [1.165, 1.54) is 32.2 Å². The Bertz CT molecular complexity index is 132. The number of hydrogen-bond donors (Lipinski definition) is 2. The summed E-state index contributed by atoms with van der Waals surface area (Å²) < 4.78 is 0. The van der Waals surface area contributed by atoms with Gasteiger partial charge in [-0.1, -0.05) is 0 Å². The number of aliphatic hydroxyl groups is 1. The van der Waals surface area contributed by atoms with E-state index in [9.17, 15) is 5.11 Å². The van der Waals surface area contributed by atoms with Gasteiger partial charge in [0.15, 0.2) is 0 Å². The highest BCUT2D eigenvalue weighted by Gasteiger charge is 2.17. The maximum atomic E-state index is 9.60. The Balaban J connectivity index is 2.19. The maximum Gasteiger partial charge on any atom is 0.0591 e. The standard InChI is InChI=1S/C11H23NO/c1-11(2,13)7-5-10-4-3-8-12-9-6-10/h10,12-13H,3-9H2,1-2H3. The summed E-state index contributed by atoms with van der Waals surface area (Å²) in [6, 6.07) is 0. The third-order valence-corrected chi connectivity index (χ3v) is 2.86. The average Bonchev–Trinajstić information content (AvgIpc) is 2.26. The van der Waals surface area contributed by atoms with Crippen LogP contribution in [0.4, 0.5) is 0 Å². The van der Waals surface area contributed by atoms with Crippen LogP contribution in [0.3, 0.4) is 0 Å². The second-order valence-corrected chi connectivity index (χ2v) is 4.90. The van der Waals surface area contributed by atoms with Crippen molar-refractivity contribution in [3.05, 3.63) is 0 Å². The summed E-state index contributed by atoms with van der Waals surface area (Å²) in [7, 11) is 0. The summed E-state index contributed by atoms with van der Waals surface area (Å²) in [6.45, 7) is 6.15. The number of nitrogens with one attached hydrogen (secondary N) is 1. The van der Waals surface area contributed by atoms with E-state index in [1.807, 2.05) is 13.8 Å². The molecule has 1 unspecified atom stereocenters. The molecule has 2 heteroatoms. The van der Waals surface area contributed by atoms with Gasteiger partial charge in [-0.15, -0.1) is 0 Å². The molecular formula is C11H23NO. The fourth-order valence-electron chi connectivity index (χ4n) is 1.94. The monoisotopic (exact) mass is 185 g/mol. The molecule has 1 rings (SSSR count). The summed E-state index contributed by atoms with van der Waals surface area (Å²) in [5.74, 6) is 0.835. The molecule has 0 aromatic carbocycles. The molecule has 2 nitrogen and oxygen atoms in total. The highest BCUT2D eigenvalue weighted by molar-refractivity contribution is 4.72. The van der Waals surface area contributed by atoms with E-state index in [0.717, 1.165) is 18.9 Å². The Labute approximate surface area is 81.7 Å². The van der Waals surface area contributed by atoms with Crippen molar-refractivity contribution in [2.75, 3.05) is 13.1 Å². The van der Waals surface area contributed by atoms with Gasteiger partial charge in [-0.25, -0.2) is 0 Å². The molecule has 0 aromatic heterocycles. The van der Waals surface area contributed by atoms with Crippen LogP contribution in [0.5, 0.6) is 0 Å². The van der Waals surface area contributed by atoms with E-state index >= 15 is 0 Å². The lowest BCUT2D eigenvalue weighted by atomic mass is 9.90. The number of rotatable bonds is 3. The van der Waals surface area contributed by atoms with Crippen LogP contribution in [-0.4, -0.2) is 23.8 Å². The van der Waals surface area contributed by atoms with Gasteiger partial charge in [0.25, 0.3) is 0 Å². The Morgan fingerprint density at radius 1 is 1.31 bits per heavy atom. The molecule has 1 atom stereocenters. The van der Waals surface area contributed by atoms with Crippen LogP contribution in [0.15, 0.2) is 0 Å². The summed E-state index contributed by atoms with van der Waals surface area (Å²) >= 11 is 0. The average molecular weight is 185 g/mol. The van der Waals surface area contributed by atoms with Crippen LogP contribution in [-0.2, 0) is 0 Å². The van der Waals surface area contributed by atoms with Gasteiger partial charge >= 0.3 is 0 Å². The smallest absolute Gasteiger partial charge is 0.0591 e. The SMILES string of the molecule is CC(C)(O)CCC1CCCNCC1. The van der Waals surface area contributed by atoms with Gasteiger partial charge in [-0.2, -0.15) is 0 Å². The van der Waals surface area contributed by atoms with E-state index in [4.69, 9.17) is 0 Å². The molecule has 0 bridgehead atoms. The lowest BCUT2D eigenvalue weighted by Crippen LogP contribution is -2.20. The van der Waals surface area contributed by atoms with Gasteiger partial charge in [-0.3, -0.25) is 0 Å². The molecule has 1 aliphatic rings. The second kappa shape index (κ2) is 4.97. The van der Waals surface area contributed by atoms with Crippen molar-refractivity contribution >= 4 is 0 Å². The van der Waals surface area contributed by atoms with Gasteiger partial charge in [-0.05, 0) is 65.0 Å². The third-order valence-electron chi connectivity index (χ3n) is 2.86. The molecular weight excluding hydrogens is 162 g/mol. The van der Waals surface area contributed by atoms with Crippen molar-refractivity contribution in [1.29, 1.82) is 0 Å². The predicted octanol–water partition coefficient (Wildman–Crippen LogP) is 1.93. The molecule has 1 saturated heterocycles. The van der Waals surface area contributed by atoms with Gasteiger partial charge in [0.1, 0.15) is 0 Å². The fourth-order valence-corrected chi connectivity index (χ4v) is 1.94. The minimum Gasteiger partial charge on any atom is -0.390 e. The lowest BCUT2D eigenvalue weighted by Gasteiger charge is -2.20. The van der Waals surface area contributed by atoms with Crippen molar-refractivity contribution in [2.24, 2.45) is 5.92 Å². The van der Waals surface area contributed by atoms with Gasteiger partial charge in [0.05, 0.1) is 5.60 Å². The van der Waals surface area contributed by atoms with Crippen molar-refractivity contribution in [3.8, 4) is 0 Å². The molecule has 0 amide bonds.